The third kappa shape index (κ3) is 4.49. The molecule has 0 aliphatic heterocycles. The van der Waals surface area contributed by atoms with E-state index >= 15 is 0 Å². The highest BCUT2D eigenvalue weighted by Crippen LogP contribution is 2.36. The monoisotopic (exact) mass is 450 g/mol. The first-order valence-electron chi connectivity index (χ1n) is 10.2. The number of carbonyl (C=O) groups is 1. The minimum Gasteiger partial charge on any atom is -0.349 e. The molecule has 8 heteroatoms. The topological polar surface area (TPSA) is 69.8 Å². The molecule has 1 unspecified atom stereocenters. The SMILES string of the molecule is CC1(C)CCC(NC(=O)C2=Cc3nc(Nc4c(Cl)cccc4Cl)[nH]c3CC2F)CC1. The summed E-state index contributed by atoms with van der Waals surface area (Å²) < 4.78 is 14.8. The molecular weight excluding hydrogens is 426 g/mol. The molecule has 1 amide bonds. The zero-order valence-corrected chi connectivity index (χ0v) is 18.5. The summed E-state index contributed by atoms with van der Waals surface area (Å²) in [5.74, 6) is 0.0548. The molecule has 0 saturated heterocycles. The average Bonchev–Trinajstić information content (AvgIpc) is 3.07. The molecule has 1 saturated carbocycles. The van der Waals surface area contributed by atoms with Crippen LogP contribution in [-0.4, -0.2) is 28.1 Å². The number of carbonyl (C=O) groups excluding carboxylic acids is 1. The number of imidazole rings is 1. The van der Waals surface area contributed by atoms with Crippen molar-refractivity contribution in [1.29, 1.82) is 0 Å². The third-order valence-electron chi connectivity index (χ3n) is 5.97. The molecule has 2 aliphatic rings. The van der Waals surface area contributed by atoms with Crippen LogP contribution in [0.4, 0.5) is 16.0 Å². The van der Waals surface area contributed by atoms with E-state index in [0.717, 1.165) is 25.7 Å². The van der Waals surface area contributed by atoms with E-state index in [4.69, 9.17) is 23.2 Å². The van der Waals surface area contributed by atoms with Gasteiger partial charge in [-0.1, -0.05) is 43.1 Å². The lowest BCUT2D eigenvalue weighted by atomic mass is 9.75. The molecule has 1 aromatic heterocycles. The number of fused-ring (bicyclic) bond motifs is 1. The molecule has 0 bridgehead atoms. The number of hydrogen-bond acceptors (Lipinski definition) is 3. The van der Waals surface area contributed by atoms with Crippen LogP contribution in [0.5, 0.6) is 0 Å². The highest BCUT2D eigenvalue weighted by Gasteiger charge is 2.32. The van der Waals surface area contributed by atoms with Crippen molar-refractivity contribution < 1.29 is 9.18 Å². The van der Waals surface area contributed by atoms with Crippen LogP contribution in [0.25, 0.3) is 6.08 Å². The van der Waals surface area contributed by atoms with E-state index in [1.54, 1.807) is 18.2 Å². The van der Waals surface area contributed by atoms with Crippen molar-refractivity contribution in [2.45, 2.75) is 58.2 Å². The van der Waals surface area contributed by atoms with Crippen molar-refractivity contribution in [2.24, 2.45) is 5.41 Å². The van der Waals surface area contributed by atoms with Crippen LogP contribution in [0.1, 0.15) is 50.9 Å². The zero-order valence-electron chi connectivity index (χ0n) is 17.0. The van der Waals surface area contributed by atoms with Gasteiger partial charge in [0.1, 0.15) is 6.17 Å². The Balaban J connectivity index is 1.49. The summed E-state index contributed by atoms with van der Waals surface area (Å²) in [6.07, 6.45) is 4.17. The van der Waals surface area contributed by atoms with Gasteiger partial charge in [-0.25, -0.2) is 9.37 Å². The summed E-state index contributed by atoms with van der Waals surface area (Å²) in [4.78, 5) is 20.2. The average molecular weight is 451 g/mol. The summed E-state index contributed by atoms with van der Waals surface area (Å²) in [5, 5.41) is 6.96. The molecule has 1 atom stereocenters. The standard InChI is InChI=1S/C22H25Cl2FN4O/c1-22(2)8-6-12(7-9-22)26-20(30)13-10-17-18(11-16(13)25)28-21(27-17)29-19-14(23)4-3-5-15(19)24/h3-5,10,12,16H,6-9,11H2,1-2H3,(H,26,30)(H2,27,28,29). The Bertz CT molecular complexity index is 971. The van der Waals surface area contributed by atoms with Gasteiger partial charge in [0.2, 0.25) is 11.9 Å². The Hall–Kier alpha value is -2.05. The summed E-state index contributed by atoms with van der Waals surface area (Å²) in [7, 11) is 0. The van der Waals surface area contributed by atoms with E-state index in [2.05, 4.69) is 34.4 Å². The van der Waals surface area contributed by atoms with Gasteiger partial charge < -0.3 is 15.6 Å². The van der Waals surface area contributed by atoms with E-state index in [9.17, 15) is 9.18 Å². The predicted molar refractivity (Wildman–Crippen MR) is 119 cm³/mol. The summed E-state index contributed by atoms with van der Waals surface area (Å²) >= 11 is 12.4. The number of nitrogens with one attached hydrogen (secondary N) is 3. The minimum atomic E-state index is -1.38. The number of alkyl halides is 1. The Morgan fingerprint density at radius 2 is 1.90 bits per heavy atom. The number of hydrogen-bond donors (Lipinski definition) is 3. The molecule has 2 aromatic rings. The molecule has 1 fully saturated rings. The summed E-state index contributed by atoms with van der Waals surface area (Å²) in [6.45, 7) is 4.49. The second kappa shape index (κ2) is 8.23. The van der Waals surface area contributed by atoms with Crippen molar-refractivity contribution in [1.82, 2.24) is 15.3 Å². The maximum Gasteiger partial charge on any atom is 0.250 e. The third-order valence-corrected chi connectivity index (χ3v) is 6.60. The number of rotatable bonds is 4. The second-order valence-electron chi connectivity index (χ2n) is 8.85. The number of para-hydroxylation sites is 1. The van der Waals surface area contributed by atoms with Crippen LogP contribution < -0.4 is 10.6 Å². The number of H-pyrrole nitrogens is 1. The van der Waals surface area contributed by atoms with Crippen LogP contribution in [0.3, 0.4) is 0 Å². The van der Waals surface area contributed by atoms with Crippen LogP contribution in [0.15, 0.2) is 23.8 Å². The fraction of sp³-hybridized carbons (Fsp3) is 0.455. The van der Waals surface area contributed by atoms with Gasteiger partial charge in [0, 0.05) is 18.2 Å². The van der Waals surface area contributed by atoms with Crippen molar-refractivity contribution >= 4 is 46.8 Å². The van der Waals surface area contributed by atoms with Crippen molar-refractivity contribution in [2.75, 3.05) is 5.32 Å². The Kier molecular flexibility index (Phi) is 5.82. The lowest BCUT2D eigenvalue weighted by molar-refractivity contribution is -0.119. The number of aromatic nitrogens is 2. The fourth-order valence-corrected chi connectivity index (χ4v) is 4.53. The van der Waals surface area contributed by atoms with Crippen LogP contribution in [0.2, 0.25) is 10.0 Å². The number of nitrogens with zero attached hydrogens (tertiary/aromatic N) is 1. The van der Waals surface area contributed by atoms with E-state index in [1.165, 1.54) is 6.08 Å². The van der Waals surface area contributed by atoms with Gasteiger partial charge in [0.15, 0.2) is 0 Å². The van der Waals surface area contributed by atoms with Crippen LogP contribution in [-0.2, 0) is 11.2 Å². The first kappa shape index (κ1) is 21.2. The van der Waals surface area contributed by atoms with Crippen molar-refractivity contribution in [3.05, 3.63) is 45.2 Å². The van der Waals surface area contributed by atoms with Gasteiger partial charge in [0.25, 0.3) is 0 Å². The number of anilines is 2. The number of amides is 1. The molecule has 5 nitrogen and oxygen atoms in total. The predicted octanol–water partition coefficient (Wildman–Crippen LogP) is 5.82. The van der Waals surface area contributed by atoms with Gasteiger partial charge >= 0.3 is 0 Å². The maximum atomic E-state index is 14.8. The molecule has 0 radical (unpaired) electrons. The lowest BCUT2D eigenvalue weighted by Crippen LogP contribution is -2.41. The van der Waals surface area contributed by atoms with Crippen LogP contribution in [0, 0.1) is 5.41 Å². The zero-order chi connectivity index (χ0) is 21.5. The molecule has 30 heavy (non-hydrogen) atoms. The van der Waals surface area contributed by atoms with Crippen molar-refractivity contribution in [3.63, 3.8) is 0 Å². The molecule has 1 heterocycles. The molecule has 4 rings (SSSR count). The lowest BCUT2D eigenvalue weighted by Gasteiger charge is -2.35. The summed E-state index contributed by atoms with van der Waals surface area (Å²) in [6, 6.07) is 5.27. The Morgan fingerprint density at radius 1 is 1.23 bits per heavy atom. The smallest absolute Gasteiger partial charge is 0.250 e. The van der Waals surface area contributed by atoms with Gasteiger partial charge in [-0.2, -0.15) is 0 Å². The minimum absolute atomic E-state index is 0.0667. The van der Waals surface area contributed by atoms with Gasteiger partial charge in [-0.3, -0.25) is 4.79 Å². The first-order valence-corrected chi connectivity index (χ1v) is 10.9. The molecule has 2 aliphatic carbocycles. The Morgan fingerprint density at radius 3 is 2.57 bits per heavy atom. The van der Waals surface area contributed by atoms with E-state index in [1.807, 2.05) is 0 Å². The number of benzene rings is 1. The van der Waals surface area contributed by atoms with Crippen molar-refractivity contribution in [3.8, 4) is 0 Å². The van der Waals surface area contributed by atoms with Crippen LogP contribution >= 0.6 is 23.2 Å². The van der Waals surface area contributed by atoms with E-state index in [-0.39, 0.29) is 23.9 Å². The fourth-order valence-electron chi connectivity index (χ4n) is 4.04. The highest BCUT2D eigenvalue weighted by atomic mass is 35.5. The normalized spacial score (nSPS) is 21.0. The molecule has 1 aromatic carbocycles. The van der Waals surface area contributed by atoms with Gasteiger partial charge in [-0.05, 0) is 49.3 Å². The largest absolute Gasteiger partial charge is 0.349 e. The molecule has 160 valence electrons. The van der Waals surface area contributed by atoms with E-state index in [0.29, 0.717) is 38.5 Å². The van der Waals surface area contributed by atoms with E-state index < -0.39 is 6.17 Å². The number of halogens is 3. The van der Waals surface area contributed by atoms with Gasteiger partial charge in [0.05, 0.1) is 27.0 Å². The maximum absolute atomic E-state index is 14.8. The quantitative estimate of drug-likeness (QED) is 0.549. The molecule has 0 spiro atoms. The number of aromatic amines is 1. The second-order valence-corrected chi connectivity index (χ2v) is 9.67. The molecule has 3 N–H and O–H groups in total. The Labute approximate surface area is 185 Å². The molecular formula is C22H25Cl2FN4O. The summed E-state index contributed by atoms with van der Waals surface area (Å²) in [5.41, 5.74) is 2.13. The van der Waals surface area contributed by atoms with Gasteiger partial charge in [-0.15, -0.1) is 0 Å². The first-order chi connectivity index (χ1) is 14.2. The highest BCUT2D eigenvalue weighted by molar-refractivity contribution is 6.39.